The van der Waals surface area contributed by atoms with E-state index in [-0.39, 0.29) is 17.4 Å². The predicted octanol–water partition coefficient (Wildman–Crippen LogP) is 4.37. The summed E-state index contributed by atoms with van der Waals surface area (Å²) in [6.07, 6.45) is -4.62. The zero-order chi connectivity index (χ0) is 20.3. The molecule has 0 saturated heterocycles. The Kier molecular flexibility index (Phi) is 5.69. The Hall–Kier alpha value is -2.87. The highest BCUT2D eigenvalue weighted by molar-refractivity contribution is 5.89. The first kappa shape index (κ1) is 19.9. The van der Waals surface area contributed by atoms with Gasteiger partial charge in [0.1, 0.15) is 11.6 Å². The molecule has 0 amide bonds. The minimum absolute atomic E-state index is 0.140. The van der Waals surface area contributed by atoms with E-state index in [0.29, 0.717) is 17.7 Å². The van der Waals surface area contributed by atoms with Crippen LogP contribution in [-0.4, -0.2) is 42.6 Å². The number of alkyl halides is 3. The van der Waals surface area contributed by atoms with Gasteiger partial charge in [-0.05, 0) is 32.3 Å². The molecule has 0 bridgehead atoms. The molecule has 0 aliphatic heterocycles. The molecule has 3 rings (SSSR count). The third-order valence-corrected chi connectivity index (χ3v) is 4.44. The van der Waals surface area contributed by atoms with Gasteiger partial charge in [0.25, 0.3) is 0 Å². The lowest BCUT2D eigenvalue weighted by molar-refractivity contribution is -0.144. The molecule has 0 saturated carbocycles. The number of hydrogen-bond donors (Lipinski definition) is 1. The van der Waals surface area contributed by atoms with E-state index in [1.807, 2.05) is 43.3 Å². The lowest BCUT2D eigenvalue weighted by Gasteiger charge is -2.27. The van der Waals surface area contributed by atoms with Crippen molar-refractivity contribution < 1.29 is 17.9 Å². The van der Waals surface area contributed by atoms with Crippen molar-refractivity contribution in [3.63, 3.8) is 0 Å². The van der Waals surface area contributed by atoms with Crippen LogP contribution in [0.4, 0.5) is 19.0 Å². The summed E-state index contributed by atoms with van der Waals surface area (Å²) < 4.78 is 45.1. The highest BCUT2D eigenvalue weighted by Crippen LogP contribution is 2.32. The van der Waals surface area contributed by atoms with Crippen molar-refractivity contribution in [2.75, 3.05) is 33.1 Å². The number of halogens is 3. The average Bonchev–Trinajstić information content (AvgIpc) is 2.67. The topological polar surface area (TPSA) is 50.3 Å². The van der Waals surface area contributed by atoms with Crippen molar-refractivity contribution in [1.29, 1.82) is 0 Å². The first-order valence-corrected chi connectivity index (χ1v) is 8.68. The van der Waals surface area contributed by atoms with Crippen LogP contribution in [0.2, 0.25) is 0 Å². The molecular weight excluding hydrogens is 369 g/mol. The Labute approximate surface area is 161 Å². The Morgan fingerprint density at radius 2 is 1.71 bits per heavy atom. The maximum atomic E-state index is 13.2. The van der Waals surface area contributed by atoms with Crippen LogP contribution in [0.15, 0.2) is 48.5 Å². The summed E-state index contributed by atoms with van der Waals surface area (Å²) in [7, 11) is 5.39. The molecule has 28 heavy (non-hydrogen) atoms. The van der Waals surface area contributed by atoms with Crippen LogP contribution in [0, 0.1) is 0 Å². The second kappa shape index (κ2) is 8.02. The monoisotopic (exact) mass is 390 g/mol. The Balaban J connectivity index is 1.97. The smallest absolute Gasteiger partial charge is 0.451 e. The number of hydrogen-bond acceptors (Lipinski definition) is 5. The number of ether oxygens (including phenoxy) is 1. The third-order valence-electron chi connectivity index (χ3n) is 4.44. The van der Waals surface area contributed by atoms with Crippen molar-refractivity contribution in [1.82, 2.24) is 14.9 Å². The van der Waals surface area contributed by atoms with Gasteiger partial charge in [-0.3, -0.25) is 0 Å². The molecule has 0 fully saturated rings. The minimum atomic E-state index is -4.62. The largest absolute Gasteiger partial charge is 0.496 e. The van der Waals surface area contributed by atoms with Crippen molar-refractivity contribution in [3.8, 4) is 5.75 Å². The van der Waals surface area contributed by atoms with Gasteiger partial charge >= 0.3 is 6.18 Å². The molecule has 0 unspecified atom stereocenters. The molecule has 148 valence electrons. The fraction of sp³-hybridized carbons (Fsp3) is 0.300. The lowest BCUT2D eigenvalue weighted by atomic mass is 10.0. The number of likely N-dealkylation sites (N-methyl/N-ethyl adjacent to an activating group) is 1. The van der Waals surface area contributed by atoms with Crippen molar-refractivity contribution in [3.05, 3.63) is 59.9 Å². The first-order valence-electron chi connectivity index (χ1n) is 8.68. The summed E-state index contributed by atoms with van der Waals surface area (Å²) in [6.45, 7) is 0.339. The van der Waals surface area contributed by atoms with Crippen LogP contribution in [0.5, 0.6) is 5.75 Å². The second-order valence-electron chi connectivity index (χ2n) is 6.51. The van der Waals surface area contributed by atoms with Gasteiger partial charge in [-0.15, -0.1) is 0 Å². The summed E-state index contributed by atoms with van der Waals surface area (Å²) in [5.74, 6) is -0.293. The summed E-state index contributed by atoms with van der Waals surface area (Å²) in [5, 5.41) is 3.62. The lowest BCUT2D eigenvalue weighted by Crippen LogP contribution is -2.28. The van der Waals surface area contributed by atoms with Gasteiger partial charge in [-0.25, -0.2) is 9.97 Å². The minimum Gasteiger partial charge on any atom is -0.496 e. The predicted molar refractivity (Wildman–Crippen MR) is 102 cm³/mol. The van der Waals surface area contributed by atoms with Crippen LogP contribution in [0.1, 0.15) is 17.4 Å². The first-order chi connectivity index (χ1) is 13.3. The van der Waals surface area contributed by atoms with Crippen molar-refractivity contribution in [2.24, 2.45) is 0 Å². The Morgan fingerprint density at radius 1 is 1.04 bits per heavy atom. The van der Waals surface area contributed by atoms with Gasteiger partial charge in [-0.2, -0.15) is 13.2 Å². The number of fused-ring (bicyclic) bond motifs is 1. The normalized spacial score (nSPS) is 13.0. The molecule has 0 spiro atoms. The zero-order valence-electron chi connectivity index (χ0n) is 15.8. The van der Waals surface area contributed by atoms with E-state index in [4.69, 9.17) is 4.74 Å². The van der Waals surface area contributed by atoms with Crippen LogP contribution >= 0.6 is 0 Å². The molecule has 0 radical (unpaired) electrons. The standard InChI is InChI=1S/C20H21F3N4O/c1-27(2)16(14-9-5-7-11-17(14)28-3)12-24-18-13-8-4-6-10-15(13)25-19(26-18)20(21,22)23/h4-11,16H,12H2,1-3H3,(H,24,25,26)/t16-/m1/s1. The number of nitrogens with zero attached hydrogens (tertiary/aromatic N) is 3. The van der Waals surface area contributed by atoms with E-state index in [9.17, 15) is 13.2 Å². The fourth-order valence-corrected chi connectivity index (χ4v) is 3.04. The average molecular weight is 390 g/mol. The third kappa shape index (κ3) is 4.17. The van der Waals surface area contributed by atoms with E-state index in [1.54, 1.807) is 31.4 Å². The van der Waals surface area contributed by atoms with Gasteiger partial charge in [0.2, 0.25) is 5.82 Å². The number of anilines is 1. The van der Waals surface area contributed by atoms with Crippen LogP contribution < -0.4 is 10.1 Å². The molecule has 8 heteroatoms. The molecule has 5 nitrogen and oxygen atoms in total. The van der Waals surface area contributed by atoms with Gasteiger partial charge < -0.3 is 15.0 Å². The molecule has 1 aromatic heterocycles. The van der Waals surface area contributed by atoms with E-state index in [1.165, 1.54) is 0 Å². The number of benzene rings is 2. The number of para-hydroxylation sites is 2. The van der Waals surface area contributed by atoms with Crippen molar-refractivity contribution >= 4 is 16.7 Å². The summed E-state index contributed by atoms with van der Waals surface area (Å²) in [6, 6.07) is 14.1. The Bertz CT molecular complexity index is 960. The highest BCUT2D eigenvalue weighted by Gasteiger charge is 2.35. The molecule has 2 aromatic carbocycles. The van der Waals surface area contributed by atoms with Gasteiger partial charge in [0, 0.05) is 17.5 Å². The molecule has 1 heterocycles. The maximum absolute atomic E-state index is 13.2. The van der Waals surface area contributed by atoms with Crippen LogP contribution in [0.3, 0.4) is 0 Å². The van der Waals surface area contributed by atoms with Gasteiger partial charge in [0.05, 0.1) is 18.7 Å². The molecule has 3 aromatic rings. The SMILES string of the molecule is COc1ccccc1[C@@H](CNc1nc(C(F)(F)F)nc2ccccc12)N(C)C. The summed E-state index contributed by atoms with van der Waals surface area (Å²) >= 11 is 0. The van der Waals surface area contributed by atoms with E-state index in [2.05, 4.69) is 15.3 Å². The molecular formula is C20H21F3N4O. The van der Waals surface area contributed by atoms with Gasteiger partial charge in [-0.1, -0.05) is 30.3 Å². The second-order valence-corrected chi connectivity index (χ2v) is 6.51. The van der Waals surface area contributed by atoms with Crippen molar-refractivity contribution in [2.45, 2.75) is 12.2 Å². The molecule has 0 aliphatic carbocycles. The maximum Gasteiger partial charge on any atom is 0.451 e. The quantitative estimate of drug-likeness (QED) is 0.677. The number of nitrogens with one attached hydrogen (secondary N) is 1. The number of aromatic nitrogens is 2. The summed E-state index contributed by atoms with van der Waals surface area (Å²) in [4.78, 5) is 9.36. The van der Waals surface area contributed by atoms with E-state index < -0.39 is 12.0 Å². The molecule has 0 aliphatic rings. The number of methoxy groups -OCH3 is 1. The van der Waals surface area contributed by atoms with Gasteiger partial charge in [0.15, 0.2) is 0 Å². The zero-order valence-corrected chi connectivity index (χ0v) is 15.8. The fourth-order valence-electron chi connectivity index (χ4n) is 3.04. The van der Waals surface area contributed by atoms with E-state index >= 15 is 0 Å². The van der Waals surface area contributed by atoms with Crippen LogP contribution in [-0.2, 0) is 6.18 Å². The Morgan fingerprint density at radius 3 is 2.39 bits per heavy atom. The van der Waals surface area contributed by atoms with Crippen LogP contribution in [0.25, 0.3) is 10.9 Å². The summed E-state index contributed by atoms with van der Waals surface area (Å²) in [5.41, 5.74) is 1.17. The van der Waals surface area contributed by atoms with E-state index in [0.717, 1.165) is 5.56 Å². The highest BCUT2D eigenvalue weighted by atomic mass is 19.4. The molecule has 1 atom stereocenters. The molecule has 1 N–H and O–H groups in total. The number of rotatable bonds is 6.